The van der Waals surface area contributed by atoms with Crippen molar-refractivity contribution in [2.24, 2.45) is 11.5 Å². The van der Waals surface area contributed by atoms with E-state index < -0.39 is 5.91 Å². The minimum Gasteiger partial charge on any atom is -0.394 e. The highest BCUT2D eigenvalue weighted by Gasteiger charge is 1.72. The van der Waals surface area contributed by atoms with E-state index in [-0.39, 0.29) is 0 Å². The van der Waals surface area contributed by atoms with Gasteiger partial charge in [0.2, 0.25) is 0 Å². The molecule has 0 radical (unpaired) electrons. The average Bonchev–Trinajstić information content (AvgIpc) is 1.65. The number of thiocarbonyl (C=S) groups is 2. The third-order valence-electron chi connectivity index (χ3n) is 0.116. The maximum Gasteiger partial charge on any atom is 0.252 e. The molecule has 0 rings (SSSR count). The van der Waals surface area contributed by atoms with Crippen LogP contribution in [0.1, 0.15) is 6.92 Å². The zero-order chi connectivity index (χ0) is 7.86. The Balaban J connectivity index is 0. The van der Waals surface area contributed by atoms with E-state index in [0.29, 0.717) is 4.99 Å². The van der Waals surface area contributed by atoms with Crippen molar-refractivity contribution in [3.63, 3.8) is 0 Å². The Morgan fingerprint density at radius 1 is 1.56 bits per heavy atom. The van der Waals surface area contributed by atoms with Gasteiger partial charge in [-0.05, 0) is 6.92 Å². The number of carbonyl (C=O) groups excluding carboxylic acids is 1. The van der Waals surface area contributed by atoms with Crippen LogP contribution in [0.25, 0.3) is 0 Å². The second kappa shape index (κ2) is 7.45. The molecule has 0 spiro atoms. The van der Waals surface area contributed by atoms with Crippen LogP contribution in [0.3, 0.4) is 0 Å². The van der Waals surface area contributed by atoms with Gasteiger partial charge < -0.3 is 11.5 Å². The SMILES string of the molecule is CC(N)=S.NC(=O)C=S. The lowest BCUT2D eigenvalue weighted by atomic mass is 10.8. The summed E-state index contributed by atoms with van der Waals surface area (Å²) in [4.78, 5) is 9.93. The van der Waals surface area contributed by atoms with Gasteiger partial charge in [-0.3, -0.25) is 4.79 Å². The molecule has 0 aliphatic rings. The second-order valence-corrected chi connectivity index (χ2v) is 2.01. The molecule has 5 heteroatoms. The van der Waals surface area contributed by atoms with Gasteiger partial charge in [0.1, 0.15) is 0 Å². The molecule has 0 saturated heterocycles. The Kier molecular flexibility index (Phi) is 9.33. The Bertz CT molecular complexity index is 120. The molecule has 52 valence electrons. The fraction of sp³-hybridized carbons (Fsp3) is 0.250. The Labute approximate surface area is 64.4 Å². The highest BCUT2D eigenvalue weighted by atomic mass is 32.1. The first-order valence-corrected chi connectivity index (χ1v) is 2.89. The lowest BCUT2D eigenvalue weighted by molar-refractivity contribution is -0.111. The summed E-state index contributed by atoms with van der Waals surface area (Å²) in [6.45, 7) is 1.68. The molecule has 0 heterocycles. The topological polar surface area (TPSA) is 69.1 Å². The summed E-state index contributed by atoms with van der Waals surface area (Å²) in [6.07, 6.45) is 0. The van der Waals surface area contributed by atoms with E-state index in [2.05, 4.69) is 30.2 Å². The average molecular weight is 164 g/mol. The number of primary amides is 1. The van der Waals surface area contributed by atoms with Gasteiger partial charge in [-0.15, -0.1) is 0 Å². The van der Waals surface area contributed by atoms with Crippen molar-refractivity contribution in [2.45, 2.75) is 6.92 Å². The molecule has 1 amide bonds. The van der Waals surface area contributed by atoms with Gasteiger partial charge in [-0.25, -0.2) is 0 Å². The maximum atomic E-state index is 9.43. The summed E-state index contributed by atoms with van der Waals surface area (Å²) in [7, 11) is 0. The standard InChI is InChI=1S/C2H3NOS.C2H5NS/c3-2(4)1-5;1-2(3)4/h1H,(H2,3,4);1H3,(H2,3,4). The third-order valence-corrected chi connectivity index (χ3v) is 0.348. The fourth-order valence-electron chi connectivity index (χ4n) is 0. The summed E-state index contributed by atoms with van der Waals surface area (Å²) >= 11 is 8.39. The van der Waals surface area contributed by atoms with E-state index in [9.17, 15) is 4.79 Å². The number of rotatable bonds is 1. The van der Waals surface area contributed by atoms with Gasteiger partial charge >= 0.3 is 0 Å². The highest BCUT2D eigenvalue weighted by Crippen LogP contribution is 1.48. The van der Waals surface area contributed by atoms with Crippen LogP contribution in [0.5, 0.6) is 0 Å². The highest BCUT2D eigenvalue weighted by molar-refractivity contribution is 7.80. The monoisotopic (exact) mass is 164 g/mol. The second-order valence-electron chi connectivity index (χ2n) is 1.13. The van der Waals surface area contributed by atoms with Gasteiger partial charge in [-0.2, -0.15) is 0 Å². The van der Waals surface area contributed by atoms with E-state index in [1.807, 2.05) is 0 Å². The first kappa shape index (κ1) is 11.3. The number of amides is 1. The van der Waals surface area contributed by atoms with Crippen molar-refractivity contribution >= 4 is 40.7 Å². The number of nitrogens with two attached hydrogens (primary N) is 2. The molecule has 0 unspecified atom stereocenters. The molecule has 0 atom stereocenters. The largest absolute Gasteiger partial charge is 0.394 e. The lowest BCUT2D eigenvalue weighted by Crippen LogP contribution is -2.09. The molecular weight excluding hydrogens is 156 g/mol. The molecular formula is C4H8N2OS2. The van der Waals surface area contributed by atoms with Crippen molar-refractivity contribution in [1.82, 2.24) is 0 Å². The molecule has 0 saturated carbocycles. The normalized spacial score (nSPS) is 6.33. The predicted molar refractivity (Wildman–Crippen MR) is 45.3 cm³/mol. The zero-order valence-corrected chi connectivity index (χ0v) is 6.59. The van der Waals surface area contributed by atoms with Crippen molar-refractivity contribution < 1.29 is 4.79 Å². The van der Waals surface area contributed by atoms with Crippen molar-refractivity contribution in [3.05, 3.63) is 0 Å². The molecule has 0 aliphatic heterocycles. The van der Waals surface area contributed by atoms with Gasteiger partial charge in [0.05, 0.1) is 10.4 Å². The molecule has 0 bridgehead atoms. The smallest absolute Gasteiger partial charge is 0.252 e. The van der Waals surface area contributed by atoms with Crippen molar-refractivity contribution in [3.8, 4) is 0 Å². The van der Waals surface area contributed by atoms with Crippen LogP contribution in [-0.2, 0) is 4.79 Å². The third kappa shape index (κ3) is 105. The minimum absolute atomic E-state index is 0.500. The van der Waals surface area contributed by atoms with Gasteiger partial charge in [0.25, 0.3) is 5.91 Å². The molecule has 0 aliphatic carbocycles. The van der Waals surface area contributed by atoms with Gasteiger partial charge in [-0.1, -0.05) is 24.4 Å². The number of hydrogen-bond donors (Lipinski definition) is 2. The van der Waals surface area contributed by atoms with Crippen LogP contribution in [0.2, 0.25) is 0 Å². The summed E-state index contributed by atoms with van der Waals surface area (Å²) in [5, 5.41) is 0.889. The first-order chi connectivity index (χ1) is 4.00. The van der Waals surface area contributed by atoms with Crippen LogP contribution in [0, 0.1) is 0 Å². The maximum absolute atomic E-state index is 9.43. The van der Waals surface area contributed by atoms with E-state index in [1.54, 1.807) is 6.92 Å². The Morgan fingerprint density at radius 3 is 1.67 bits per heavy atom. The fourth-order valence-corrected chi connectivity index (χ4v) is 0. The Morgan fingerprint density at radius 2 is 1.67 bits per heavy atom. The van der Waals surface area contributed by atoms with E-state index >= 15 is 0 Å². The molecule has 0 aromatic carbocycles. The summed E-state index contributed by atoms with van der Waals surface area (Å²) < 4.78 is 0. The van der Waals surface area contributed by atoms with Crippen LogP contribution in [-0.4, -0.2) is 16.3 Å². The van der Waals surface area contributed by atoms with Crippen molar-refractivity contribution in [1.29, 1.82) is 0 Å². The molecule has 0 aromatic heterocycles. The molecule has 0 fully saturated rings. The summed E-state index contributed by atoms with van der Waals surface area (Å²) in [5.41, 5.74) is 9.34. The van der Waals surface area contributed by atoms with E-state index in [4.69, 9.17) is 5.73 Å². The lowest BCUT2D eigenvalue weighted by Gasteiger charge is -1.65. The zero-order valence-electron chi connectivity index (χ0n) is 4.96. The first-order valence-electron chi connectivity index (χ1n) is 2.01. The summed E-state index contributed by atoms with van der Waals surface area (Å²) in [5.74, 6) is -0.556. The van der Waals surface area contributed by atoms with Crippen molar-refractivity contribution in [2.75, 3.05) is 0 Å². The minimum atomic E-state index is -0.556. The van der Waals surface area contributed by atoms with Crippen LogP contribution in [0.4, 0.5) is 0 Å². The Hall–Kier alpha value is -0.550. The molecule has 3 nitrogen and oxygen atoms in total. The predicted octanol–water partition coefficient (Wildman–Crippen LogP) is -0.236. The van der Waals surface area contributed by atoms with E-state index in [0.717, 1.165) is 5.37 Å². The van der Waals surface area contributed by atoms with E-state index in [1.165, 1.54) is 0 Å². The van der Waals surface area contributed by atoms with Crippen LogP contribution < -0.4 is 11.5 Å². The molecule has 4 N–H and O–H groups in total. The van der Waals surface area contributed by atoms with Crippen LogP contribution in [0.15, 0.2) is 0 Å². The number of hydrogen-bond acceptors (Lipinski definition) is 3. The van der Waals surface area contributed by atoms with Crippen LogP contribution >= 0.6 is 24.4 Å². The van der Waals surface area contributed by atoms with Gasteiger partial charge in [0, 0.05) is 0 Å². The molecule has 9 heavy (non-hydrogen) atoms. The van der Waals surface area contributed by atoms with Gasteiger partial charge in [0.15, 0.2) is 0 Å². The summed E-state index contributed by atoms with van der Waals surface area (Å²) in [6, 6.07) is 0. The quantitative estimate of drug-likeness (QED) is 0.525. The number of carbonyl (C=O) groups is 1. The molecule has 0 aromatic rings.